The zero-order valence-electron chi connectivity index (χ0n) is 14.8. The van der Waals surface area contributed by atoms with E-state index in [0.717, 1.165) is 22.6 Å². The second-order valence-corrected chi connectivity index (χ2v) is 5.58. The molecule has 0 saturated heterocycles. The second kappa shape index (κ2) is 7.74. The van der Waals surface area contributed by atoms with Crippen LogP contribution in [0.15, 0.2) is 53.1 Å². The Kier molecular flexibility index (Phi) is 5.22. The number of furan rings is 1. The first-order chi connectivity index (χ1) is 12.6. The van der Waals surface area contributed by atoms with Crippen LogP contribution in [-0.2, 0) is 11.3 Å². The fourth-order valence-electron chi connectivity index (χ4n) is 2.42. The highest BCUT2D eigenvalue weighted by Gasteiger charge is 2.15. The van der Waals surface area contributed by atoms with Crippen LogP contribution < -0.4 is 9.47 Å². The molecule has 0 radical (unpaired) electrons. The van der Waals surface area contributed by atoms with E-state index in [1.165, 1.54) is 7.11 Å². The van der Waals surface area contributed by atoms with Gasteiger partial charge >= 0.3 is 5.97 Å². The first kappa shape index (κ1) is 17.5. The molecular formula is C20H19NO5. The number of esters is 1. The second-order valence-electron chi connectivity index (χ2n) is 5.58. The van der Waals surface area contributed by atoms with Crippen molar-refractivity contribution < 1.29 is 23.4 Å². The van der Waals surface area contributed by atoms with E-state index in [0.29, 0.717) is 11.5 Å². The normalized spacial score (nSPS) is 10.4. The molecule has 2 heterocycles. The van der Waals surface area contributed by atoms with Crippen molar-refractivity contribution in [3.8, 4) is 22.8 Å². The summed E-state index contributed by atoms with van der Waals surface area (Å²) < 4.78 is 20.9. The molecule has 0 fully saturated rings. The molecule has 0 saturated carbocycles. The summed E-state index contributed by atoms with van der Waals surface area (Å²) in [6, 6.07) is 13.0. The average Bonchev–Trinajstić information content (AvgIpc) is 3.07. The van der Waals surface area contributed by atoms with Crippen molar-refractivity contribution in [3.63, 3.8) is 0 Å². The first-order valence-corrected chi connectivity index (χ1v) is 8.01. The van der Waals surface area contributed by atoms with Crippen LogP contribution in [0.3, 0.4) is 0 Å². The van der Waals surface area contributed by atoms with Crippen LogP contribution in [0.4, 0.5) is 0 Å². The Balaban J connectivity index is 1.66. The maximum absolute atomic E-state index is 11.5. The largest absolute Gasteiger partial charge is 0.497 e. The van der Waals surface area contributed by atoms with Crippen LogP contribution in [-0.4, -0.2) is 25.2 Å². The van der Waals surface area contributed by atoms with Crippen molar-refractivity contribution in [2.24, 2.45) is 0 Å². The number of hydrogen-bond acceptors (Lipinski definition) is 6. The summed E-state index contributed by atoms with van der Waals surface area (Å²) in [6.07, 6.45) is 1.66. The highest BCUT2D eigenvalue weighted by molar-refractivity contribution is 5.86. The highest BCUT2D eigenvalue weighted by atomic mass is 16.5. The lowest BCUT2D eigenvalue weighted by Gasteiger charge is -2.07. The zero-order chi connectivity index (χ0) is 18.5. The maximum Gasteiger partial charge on any atom is 0.373 e. The number of benzene rings is 1. The monoisotopic (exact) mass is 353 g/mol. The molecule has 6 heteroatoms. The maximum atomic E-state index is 11.5. The first-order valence-electron chi connectivity index (χ1n) is 8.01. The number of methoxy groups -OCH3 is 2. The van der Waals surface area contributed by atoms with E-state index in [1.54, 1.807) is 26.3 Å². The third kappa shape index (κ3) is 3.85. The molecule has 0 aliphatic rings. The molecule has 0 atom stereocenters. The minimum atomic E-state index is -0.509. The van der Waals surface area contributed by atoms with Crippen LogP contribution in [0, 0.1) is 6.92 Å². The van der Waals surface area contributed by atoms with E-state index in [-0.39, 0.29) is 12.4 Å². The Bertz CT molecular complexity index is 882. The fraction of sp³-hybridized carbons (Fsp3) is 0.200. The molecule has 3 aromatic rings. The van der Waals surface area contributed by atoms with Gasteiger partial charge in [-0.15, -0.1) is 0 Å². The van der Waals surface area contributed by atoms with Crippen LogP contribution in [0.1, 0.15) is 21.9 Å². The van der Waals surface area contributed by atoms with Gasteiger partial charge in [0.2, 0.25) is 5.76 Å². The van der Waals surface area contributed by atoms with Gasteiger partial charge in [-0.1, -0.05) is 0 Å². The van der Waals surface area contributed by atoms with Gasteiger partial charge < -0.3 is 18.6 Å². The highest BCUT2D eigenvalue weighted by Crippen LogP contribution is 2.23. The van der Waals surface area contributed by atoms with E-state index < -0.39 is 5.97 Å². The van der Waals surface area contributed by atoms with Gasteiger partial charge in [-0.25, -0.2) is 4.79 Å². The Labute approximate surface area is 151 Å². The van der Waals surface area contributed by atoms with Crippen molar-refractivity contribution in [3.05, 3.63) is 65.7 Å². The van der Waals surface area contributed by atoms with Gasteiger partial charge in [0, 0.05) is 11.1 Å². The minimum Gasteiger partial charge on any atom is -0.497 e. The number of nitrogens with zero attached hydrogens (tertiary/aromatic N) is 1. The van der Waals surface area contributed by atoms with Crippen LogP contribution >= 0.6 is 0 Å². The van der Waals surface area contributed by atoms with Crippen molar-refractivity contribution in [1.82, 2.24) is 4.98 Å². The molecule has 0 amide bonds. The van der Waals surface area contributed by atoms with E-state index in [1.807, 2.05) is 36.4 Å². The summed E-state index contributed by atoms with van der Waals surface area (Å²) in [5.74, 6) is 1.70. The Morgan fingerprint density at radius 2 is 1.81 bits per heavy atom. The Hall–Kier alpha value is -3.28. The van der Waals surface area contributed by atoms with Crippen LogP contribution in [0.2, 0.25) is 0 Å². The number of hydrogen-bond donors (Lipinski definition) is 0. The lowest BCUT2D eigenvalue weighted by atomic mass is 10.1. The lowest BCUT2D eigenvalue weighted by Crippen LogP contribution is -1.99. The molecule has 6 nitrogen and oxygen atoms in total. The predicted molar refractivity (Wildman–Crippen MR) is 95.3 cm³/mol. The molecule has 0 spiro atoms. The van der Waals surface area contributed by atoms with E-state index in [2.05, 4.69) is 9.72 Å². The molecule has 26 heavy (non-hydrogen) atoms. The number of aromatic nitrogens is 1. The SMILES string of the molecule is COC(=O)c1cc(COc2ccc(-c3ccc(OC)cc3)nc2)c(C)o1. The Morgan fingerprint density at radius 3 is 2.42 bits per heavy atom. The lowest BCUT2D eigenvalue weighted by molar-refractivity contribution is 0.0563. The molecular weight excluding hydrogens is 334 g/mol. The van der Waals surface area contributed by atoms with Gasteiger partial charge in [-0.3, -0.25) is 4.98 Å². The van der Waals surface area contributed by atoms with Gasteiger partial charge in [0.25, 0.3) is 0 Å². The van der Waals surface area contributed by atoms with Crippen molar-refractivity contribution >= 4 is 5.97 Å². The Morgan fingerprint density at radius 1 is 1.08 bits per heavy atom. The van der Waals surface area contributed by atoms with E-state index in [9.17, 15) is 4.79 Å². The van der Waals surface area contributed by atoms with Crippen LogP contribution in [0.5, 0.6) is 11.5 Å². The van der Waals surface area contributed by atoms with Gasteiger partial charge in [0.05, 0.1) is 26.1 Å². The van der Waals surface area contributed by atoms with Gasteiger partial charge in [-0.05, 0) is 49.4 Å². The third-order valence-corrected chi connectivity index (χ3v) is 3.92. The topological polar surface area (TPSA) is 70.8 Å². The molecule has 3 rings (SSSR count). The molecule has 2 aromatic heterocycles. The number of carbonyl (C=O) groups excluding carboxylic acids is 1. The number of rotatable bonds is 6. The summed E-state index contributed by atoms with van der Waals surface area (Å²) >= 11 is 0. The van der Waals surface area contributed by atoms with Gasteiger partial charge in [0.15, 0.2) is 0 Å². The molecule has 0 bridgehead atoms. The van der Waals surface area contributed by atoms with Gasteiger partial charge in [0.1, 0.15) is 23.9 Å². The molecule has 0 aliphatic carbocycles. The minimum absolute atomic E-state index is 0.163. The van der Waals surface area contributed by atoms with Crippen LogP contribution in [0.25, 0.3) is 11.3 Å². The van der Waals surface area contributed by atoms with Gasteiger partial charge in [-0.2, -0.15) is 0 Å². The molecule has 0 unspecified atom stereocenters. The smallest absolute Gasteiger partial charge is 0.373 e. The number of pyridine rings is 1. The molecule has 0 aliphatic heterocycles. The summed E-state index contributed by atoms with van der Waals surface area (Å²) in [5, 5.41) is 0. The van der Waals surface area contributed by atoms with Crippen molar-refractivity contribution in [2.75, 3.05) is 14.2 Å². The molecule has 1 aromatic carbocycles. The number of aryl methyl sites for hydroxylation is 1. The zero-order valence-corrected chi connectivity index (χ0v) is 14.8. The summed E-state index contributed by atoms with van der Waals surface area (Å²) in [5.41, 5.74) is 2.61. The predicted octanol–water partition coefficient (Wildman–Crippen LogP) is 4.02. The van der Waals surface area contributed by atoms with Crippen molar-refractivity contribution in [1.29, 1.82) is 0 Å². The quantitative estimate of drug-likeness (QED) is 0.623. The fourth-order valence-corrected chi connectivity index (χ4v) is 2.42. The third-order valence-electron chi connectivity index (χ3n) is 3.92. The molecule has 134 valence electrons. The molecule has 0 N–H and O–H groups in total. The number of carbonyl (C=O) groups is 1. The average molecular weight is 353 g/mol. The number of ether oxygens (including phenoxy) is 3. The summed E-state index contributed by atoms with van der Waals surface area (Å²) in [7, 11) is 2.95. The van der Waals surface area contributed by atoms with Crippen molar-refractivity contribution in [2.45, 2.75) is 13.5 Å². The summed E-state index contributed by atoms with van der Waals surface area (Å²) in [6.45, 7) is 2.05. The van der Waals surface area contributed by atoms with E-state index >= 15 is 0 Å². The summed E-state index contributed by atoms with van der Waals surface area (Å²) in [4.78, 5) is 15.9. The standard InChI is InChI=1S/C20H19NO5/c1-13-15(10-19(26-13)20(22)24-3)12-25-17-8-9-18(21-11-17)14-4-6-16(23-2)7-5-14/h4-11H,12H2,1-3H3. The van der Waals surface area contributed by atoms with E-state index in [4.69, 9.17) is 13.9 Å².